The number of nitrogens with one attached hydrogen (secondary N) is 1. The molecule has 94 valence electrons. The van der Waals surface area contributed by atoms with Crippen molar-refractivity contribution in [2.45, 2.75) is 32.1 Å². The summed E-state index contributed by atoms with van der Waals surface area (Å²) < 4.78 is 0. The Labute approximate surface area is 107 Å². The number of nitrogens with zero attached hydrogens (tertiary/aromatic N) is 1. The van der Waals surface area contributed by atoms with Crippen LogP contribution >= 0.6 is 11.6 Å². The minimum atomic E-state index is 0.0326. The van der Waals surface area contributed by atoms with Crippen LogP contribution in [0.3, 0.4) is 0 Å². The van der Waals surface area contributed by atoms with Gasteiger partial charge < -0.3 is 10.4 Å². The van der Waals surface area contributed by atoms with Crippen LogP contribution in [0.25, 0.3) is 0 Å². The smallest absolute Gasteiger partial charge is 0.0820 e. The van der Waals surface area contributed by atoms with Crippen LogP contribution in [0.5, 0.6) is 0 Å². The molecule has 0 bridgehead atoms. The lowest BCUT2D eigenvalue weighted by Crippen LogP contribution is -2.35. The number of aromatic nitrogens is 1. The van der Waals surface area contributed by atoms with Crippen LogP contribution in [0, 0.1) is 5.41 Å². The molecule has 2 N–H and O–H groups in total. The average molecular weight is 255 g/mol. The van der Waals surface area contributed by atoms with Crippen molar-refractivity contribution >= 4 is 17.3 Å². The third-order valence-corrected chi connectivity index (χ3v) is 3.98. The Morgan fingerprint density at radius 3 is 2.76 bits per heavy atom. The summed E-state index contributed by atoms with van der Waals surface area (Å²) in [6.45, 7) is 1.04. The molecule has 0 unspecified atom stereocenters. The van der Waals surface area contributed by atoms with Gasteiger partial charge in [-0.05, 0) is 18.9 Å². The summed E-state index contributed by atoms with van der Waals surface area (Å²) in [5, 5.41) is 13.6. The first-order valence-electron chi connectivity index (χ1n) is 6.20. The molecule has 1 heterocycles. The van der Waals surface area contributed by atoms with Crippen LogP contribution in [0.2, 0.25) is 5.02 Å². The fourth-order valence-electron chi connectivity index (χ4n) is 2.49. The zero-order chi connectivity index (χ0) is 12.1. The summed E-state index contributed by atoms with van der Waals surface area (Å²) >= 11 is 6.04. The third-order valence-electron chi connectivity index (χ3n) is 3.68. The Hall–Kier alpha value is -0.800. The predicted octanol–water partition coefficient (Wildman–Crippen LogP) is 3.09. The monoisotopic (exact) mass is 254 g/mol. The lowest BCUT2D eigenvalue weighted by Gasteiger charge is -2.36. The number of rotatable bonds is 4. The molecule has 0 amide bonds. The van der Waals surface area contributed by atoms with Crippen molar-refractivity contribution in [1.82, 2.24) is 4.98 Å². The fraction of sp³-hybridized carbons (Fsp3) is 0.615. The van der Waals surface area contributed by atoms with Crippen molar-refractivity contribution in [3.63, 3.8) is 0 Å². The van der Waals surface area contributed by atoms with E-state index in [-0.39, 0.29) is 12.0 Å². The number of pyridine rings is 1. The van der Waals surface area contributed by atoms with E-state index < -0.39 is 0 Å². The van der Waals surface area contributed by atoms with Crippen LogP contribution in [0.15, 0.2) is 18.5 Å². The van der Waals surface area contributed by atoms with Crippen LogP contribution in [0.1, 0.15) is 32.1 Å². The zero-order valence-electron chi connectivity index (χ0n) is 9.95. The molecule has 1 saturated carbocycles. The molecule has 1 aromatic heterocycles. The molecule has 1 fully saturated rings. The zero-order valence-corrected chi connectivity index (χ0v) is 10.7. The highest BCUT2D eigenvalue weighted by Crippen LogP contribution is 2.36. The molecule has 2 rings (SSSR count). The molecule has 1 aliphatic carbocycles. The molecule has 0 aliphatic heterocycles. The summed E-state index contributed by atoms with van der Waals surface area (Å²) in [4.78, 5) is 3.96. The summed E-state index contributed by atoms with van der Waals surface area (Å²) in [7, 11) is 0. The van der Waals surface area contributed by atoms with Gasteiger partial charge in [0.2, 0.25) is 0 Å². The summed E-state index contributed by atoms with van der Waals surface area (Å²) in [5.41, 5.74) is 0.935. The highest BCUT2D eigenvalue weighted by atomic mass is 35.5. The van der Waals surface area contributed by atoms with E-state index in [1.54, 1.807) is 12.4 Å². The van der Waals surface area contributed by atoms with Crippen molar-refractivity contribution < 1.29 is 5.11 Å². The maximum Gasteiger partial charge on any atom is 0.0820 e. The van der Waals surface area contributed by atoms with Crippen LogP contribution < -0.4 is 5.32 Å². The predicted molar refractivity (Wildman–Crippen MR) is 70.3 cm³/mol. The summed E-state index contributed by atoms with van der Waals surface area (Å²) in [6, 6.07) is 1.87. The van der Waals surface area contributed by atoms with Gasteiger partial charge in [-0.3, -0.25) is 4.98 Å². The third kappa shape index (κ3) is 3.11. The normalized spacial score (nSPS) is 18.9. The molecule has 3 nitrogen and oxygen atoms in total. The van der Waals surface area contributed by atoms with Gasteiger partial charge >= 0.3 is 0 Å². The summed E-state index contributed by atoms with van der Waals surface area (Å²) in [5.74, 6) is 0. The lowest BCUT2D eigenvalue weighted by molar-refractivity contribution is 0.0944. The Kier molecular flexibility index (Phi) is 4.24. The van der Waals surface area contributed by atoms with Crippen molar-refractivity contribution in [3.05, 3.63) is 23.5 Å². The Balaban J connectivity index is 1.98. The van der Waals surface area contributed by atoms with Crippen molar-refractivity contribution in [1.29, 1.82) is 0 Å². The highest BCUT2D eigenvalue weighted by molar-refractivity contribution is 6.33. The quantitative estimate of drug-likeness (QED) is 0.868. The number of hydrogen-bond acceptors (Lipinski definition) is 3. The van der Waals surface area contributed by atoms with Crippen molar-refractivity contribution in [2.24, 2.45) is 5.41 Å². The van der Waals surface area contributed by atoms with Gasteiger partial charge in [-0.1, -0.05) is 30.9 Å². The molecule has 1 aromatic rings. The van der Waals surface area contributed by atoms with Crippen molar-refractivity contribution in [3.8, 4) is 0 Å². The number of aliphatic hydroxyl groups excluding tert-OH is 1. The van der Waals surface area contributed by atoms with Gasteiger partial charge in [0, 0.05) is 24.4 Å². The van der Waals surface area contributed by atoms with Crippen LogP contribution in [-0.4, -0.2) is 23.2 Å². The van der Waals surface area contributed by atoms with E-state index in [4.69, 9.17) is 11.6 Å². The molecular weight excluding hydrogens is 236 g/mol. The maximum atomic E-state index is 9.60. The Bertz CT molecular complexity index is 364. The van der Waals surface area contributed by atoms with E-state index in [1.807, 2.05) is 6.07 Å². The molecule has 0 saturated heterocycles. The average Bonchev–Trinajstić information content (AvgIpc) is 2.39. The largest absolute Gasteiger partial charge is 0.396 e. The van der Waals surface area contributed by atoms with Gasteiger partial charge in [-0.15, -0.1) is 0 Å². The van der Waals surface area contributed by atoms with Crippen LogP contribution in [-0.2, 0) is 0 Å². The molecule has 17 heavy (non-hydrogen) atoms. The molecule has 1 aliphatic rings. The second-order valence-corrected chi connectivity index (χ2v) is 5.34. The first-order valence-corrected chi connectivity index (χ1v) is 6.58. The van der Waals surface area contributed by atoms with E-state index in [1.165, 1.54) is 19.3 Å². The number of anilines is 1. The lowest BCUT2D eigenvalue weighted by atomic mass is 9.74. The molecule has 4 heteroatoms. The summed E-state index contributed by atoms with van der Waals surface area (Å²) in [6.07, 6.45) is 9.27. The fourth-order valence-corrected chi connectivity index (χ4v) is 2.68. The topological polar surface area (TPSA) is 45.1 Å². The molecule has 0 aromatic carbocycles. The van der Waals surface area contributed by atoms with Gasteiger partial charge in [-0.25, -0.2) is 0 Å². The number of aliphatic hydroxyl groups is 1. The number of hydrogen-bond donors (Lipinski definition) is 2. The minimum absolute atomic E-state index is 0.0326. The first-order chi connectivity index (χ1) is 8.26. The first kappa shape index (κ1) is 12.7. The standard InChI is InChI=1S/C13H19ClN2O/c14-11-8-15-7-4-12(11)16-9-13(10-17)5-2-1-3-6-13/h4,7-8,17H,1-3,5-6,9-10H2,(H,15,16). The molecular formula is C13H19ClN2O. The van der Waals surface area contributed by atoms with Gasteiger partial charge in [0.15, 0.2) is 0 Å². The van der Waals surface area contributed by atoms with Crippen molar-refractivity contribution in [2.75, 3.05) is 18.5 Å². The van der Waals surface area contributed by atoms with E-state index in [0.29, 0.717) is 5.02 Å². The SMILES string of the molecule is OCC1(CNc2ccncc2Cl)CCCCC1. The van der Waals surface area contributed by atoms with Gasteiger partial charge in [0.05, 0.1) is 17.3 Å². The van der Waals surface area contributed by atoms with E-state index in [2.05, 4.69) is 10.3 Å². The second-order valence-electron chi connectivity index (χ2n) is 4.93. The maximum absolute atomic E-state index is 9.60. The number of halogens is 1. The highest BCUT2D eigenvalue weighted by Gasteiger charge is 2.31. The molecule has 0 spiro atoms. The van der Waals surface area contributed by atoms with Gasteiger partial charge in [0.25, 0.3) is 0 Å². The Morgan fingerprint density at radius 1 is 1.35 bits per heavy atom. The molecule has 0 radical (unpaired) electrons. The van der Waals surface area contributed by atoms with Gasteiger partial charge in [0.1, 0.15) is 0 Å². The van der Waals surface area contributed by atoms with E-state index in [9.17, 15) is 5.11 Å². The van der Waals surface area contributed by atoms with E-state index in [0.717, 1.165) is 25.1 Å². The van der Waals surface area contributed by atoms with E-state index >= 15 is 0 Å². The Morgan fingerprint density at radius 2 is 2.12 bits per heavy atom. The minimum Gasteiger partial charge on any atom is -0.396 e. The van der Waals surface area contributed by atoms with Gasteiger partial charge in [-0.2, -0.15) is 0 Å². The second kappa shape index (κ2) is 5.69. The van der Waals surface area contributed by atoms with Crippen LogP contribution in [0.4, 0.5) is 5.69 Å². The molecule has 0 atom stereocenters.